The van der Waals surface area contributed by atoms with Crippen LogP contribution in [0, 0.1) is 29.6 Å². The van der Waals surface area contributed by atoms with Gasteiger partial charge >= 0.3 is 0 Å². The zero-order valence-electron chi connectivity index (χ0n) is 19.3. The molecule has 0 amide bonds. The first-order chi connectivity index (χ1) is 14.2. The SMILES string of the molecule is CC1(C)O[C@@]2([C@@H]3C[C@@H](CO)C[C@H](CC4CCC(N)[NH2+]C4)C3)CC[C@H]1[C@]([NH3+])(CCO)C2. The van der Waals surface area contributed by atoms with Gasteiger partial charge in [0.25, 0.3) is 0 Å². The highest BCUT2D eigenvalue weighted by molar-refractivity contribution is 5.13. The zero-order valence-corrected chi connectivity index (χ0v) is 19.3. The lowest BCUT2D eigenvalue weighted by Crippen LogP contribution is -2.95. The first-order valence-electron chi connectivity index (χ1n) is 12.6. The molecule has 30 heavy (non-hydrogen) atoms. The Kier molecular flexibility index (Phi) is 6.58. The lowest BCUT2D eigenvalue weighted by Gasteiger charge is -2.64. The Morgan fingerprint density at radius 2 is 1.83 bits per heavy atom. The lowest BCUT2D eigenvalue weighted by molar-refractivity contribution is -0.703. The molecule has 2 aliphatic carbocycles. The Morgan fingerprint density at radius 3 is 2.47 bits per heavy atom. The summed E-state index contributed by atoms with van der Waals surface area (Å²) in [5.41, 5.74) is 10.4. The molecular weight excluding hydrogens is 378 g/mol. The molecule has 8 atom stereocenters. The Labute approximate surface area is 182 Å². The van der Waals surface area contributed by atoms with Crippen LogP contribution < -0.4 is 16.8 Å². The van der Waals surface area contributed by atoms with Crippen molar-refractivity contribution in [3.8, 4) is 0 Å². The number of aliphatic hydroxyl groups excluding tert-OH is 2. The highest BCUT2D eigenvalue weighted by Gasteiger charge is 2.65. The summed E-state index contributed by atoms with van der Waals surface area (Å²) >= 11 is 0. The van der Waals surface area contributed by atoms with Crippen LogP contribution in [0.3, 0.4) is 0 Å². The van der Waals surface area contributed by atoms with Crippen molar-refractivity contribution in [2.45, 2.75) is 101 Å². The summed E-state index contributed by atoms with van der Waals surface area (Å²) in [6, 6.07) is 0. The number of quaternary nitrogens is 2. The van der Waals surface area contributed by atoms with Gasteiger partial charge in [-0.2, -0.15) is 0 Å². The van der Waals surface area contributed by atoms with Gasteiger partial charge in [0.1, 0.15) is 11.7 Å². The van der Waals surface area contributed by atoms with Gasteiger partial charge in [0.15, 0.2) is 0 Å². The van der Waals surface area contributed by atoms with Crippen molar-refractivity contribution in [1.29, 1.82) is 0 Å². The third-order valence-electron chi connectivity index (χ3n) is 9.41. The summed E-state index contributed by atoms with van der Waals surface area (Å²) in [6.07, 6.45) is 11.4. The molecule has 9 N–H and O–H groups in total. The minimum atomic E-state index is -0.191. The van der Waals surface area contributed by atoms with E-state index in [-0.39, 0.29) is 29.5 Å². The average Bonchev–Trinajstić information content (AvgIpc) is 2.68. The van der Waals surface area contributed by atoms with Crippen LogP contribution in [0.1, 0.15) is 78.1 Å². The summed E-state index contributed by atoms with van der Waals surface area (Å²) in [4.78, 5) is 0. The third-order valence-corrected chi connectivity index (χ3v) is 9.41. The highest BCUT2D eigenvalue weighted by Crippen LogP contribution is 2.59. The quantitative estimate of drug-likeness (QED) is 0.422. The van der Waals surface area contributed by atoms with Crippen molar-refractivity contribution in [1.82, 2.24) is 0 Å². The van der Waals surface area contributed by atoms with Crippen LogP contribution in [-0.2, 0) is 4.74 Å². The normalized spacial score (nSPS) is 48.6. The van der Waals surface area contributed by atoms with E-state index in [4.69, 9.17) is 16.2 Å². The van der Waals surface area contributed by atoms with E-state index in [2.05, 4.69) is 19.2 Å². The molecule has 3 heterocycles. The van der Waals surface area contributed by atoms with Crippen LogP contribution in [-0.4, -0.2) is 52.9 Å². The van der Waals surface area contributed by atoms with Crippen molar-refractivity contribution >= 4 is 0 Å². The van der Waals surface area contributed by atoms with E-state index >= 15 is 0 Å². The van der Waals surface area contributed by atoms with Crippen LogP contribution >= 0.6 is 0 Å². The van der Waals surface area contributed by atoms with E-state index in [0.29, 0.717) is 30.3 Å². The topological polar surface area (TPSA) is 120 Å². The molecule has 5 rings (SSSR count). The molecule has 0 radical (unpaired) electrons. The Morgan fingerprint density at radius 1 is 1.07 bits per heavy atom. The minimum absolute atomic E-state index is 0.0924. The lowest BCUT2D eigenvalue weighted by atomic mass is 9.52. The van der Waals surface area contributed by atoms with Gasteiger partial charge in [0.2, 0.25) is 0 Å². The average molecular weight is 426 g/mol. The van der Waals surface area contributed by atoms with Crippen molar-refractivity contribution in [3.05, 3.63) is 0 Å². The fourth-order valence-electron chi connectivity index (χ4n) is 8.24. The maximum absolute atomic E-state index is 10.1. The molecule has 0 aromatic heterocycles. The van der Waals surface area contributed by atoms with E-state index in [1.165, 1.54) is 19.3 Å². The molecule has 174 valence electrons. The van der Waals surface area contributed by atoms with E-state index in [9.17, 15) is 10.2 Å². The molecule has 2 bridgehead atoms. The molecule has 6 nitrogen and oxygen atoms in total. The van der Waals surface area contributed by atoms with Crippen LogP contribution in [0.2, 0.25) is 0 Å². The van der Waals surface area contributed by atoms with Gasteiger partial charge in [0, 0.05) is 44.3 Å². The highest BCUT2D eigenvalue weighted by atomic mass is 16.5. The Bertz CT molecular complexity index is 594. The van der Waals surface area contributed by atoms with E-state index in [0.717, 1.165) is 57.4 Å². The summed E-state index contributed by atoms with van der Waals surface area (Å²) in [5.74, 6) is 2.72. The van der Waals surface area contributed by atoms with Crippen molar-refractivity contribution < 1.29 is 26.0 Å². The van der Waals surface area contributed by atoms with Crippen LogP contribution in [0.4, 0.5) is 0 Å². The molecule has 6 heteroatoms. The second kappa shape index (κ2) is 8.60. The fourth-order valence-corrected chi connectivity index (χ4v) is 8.24. The number of ether oxygens (including phenoxy) is 1. The van der Waals surface area contributed by atoms with Crippen molar-refractivity contribution in [2.75, 3.05) is 19.8 Å². The molecule has 5 aliphatic rings. The van der Waals surface area contributed by atoms with E-state index in [1.54, 1.807) is 0 Å². The summed E-state index contributed by atoms with van der Waals surface area (Å²) in [5, 5.41) is 22.2. The fraction of sp³-hybridized carbons (Fsp3) is 1.00. The maximum atomic E-state index is 10.1. The zero-order chi connectivity index (χ0) is 21.6. The van der Waals surface area contributed by atoms with Gasteiger partial charge in [-0.3, -0.25) is 5.73 Å². The largest absolute Gasteiger partial charge is 0.396 e. The van der Waals surface area contributed by atoms with E-state index < -0.39 is 0 Å². The van der Waals surface area contributed by atoms with Gasteiger partial charge in [-0.15, -0.1) is 0 Å². The van der Waals surface area contributed by atoms with Crippen molar-refractivity contribution in [3.63, 3.8) is 0 Å². The first-order valence-corrected chi connectivity index (χ1v) is 12.6. The molecular formula is C24H47N3O3+2. The monoisotopic (exact) mass is 425 g/mol. The summed E-state index contributed by atoms with van der Waals surface area (Å²) in [7, 11) is 0. The standard InChI is InChI=1S/C24H45N3O3/c1-22(2)20-5-6-24(30-22,15-23(20,26)7-8-28)19-11-17(10-18(12-19)14-29)9-16-3-4-21(25)27-13-16/h16-21,27-29H,3-15,25-26H2,1-2H3/p+2/t16?,17-,18-,19-,20+,21?,23-,24-/m0/s1. The Hall–Kier alpha value is -0.240. The minimum Gasteiger partial charge on any atom is -0.396 e. The first kappa shape index (κ1) is 22.9. The number of piperidine rings is 1. The number of rotatable bonds is 6. The molecule has 2 unspecified atom stereocenters. The number of fused-ring (bicyclic) bond motifs is 3. The molecule has 3 saturated heterocycles. The van der Waals surface area contributed by atoms with Gasteiger partial charge in [-0.25, -0.2) is 0 Å². The second-order valence-electron chi connectivity index (χ2n) is 12.0. The number of hydrogen-bond donors (Lipinski definition) is 5. The molecule has 0 aromatic rings. The molecule has 2 saturated carbocycles. The van der Waals surface area contributed by atoms with Crippen molar-refractivity contribution in [2.24, 2.45) is 35.3 Å². The Balaban J connectivity index is 1.52. The predicted octanol–water partition coefficient (Wildman–Crippen LogP) is 0.370. The number of nitrogens with two attached hydrogens (primary N) is 2. The predicted molar refractivity (Wildman–Crippen MR) is 116 cm³/mol. The summed E-state index contributed by atoms with van der Waals surface area (Å²) in [6.45, 7) is 6.14. The molecule has 3 aliphatic heterocycles. The molecule has 5 fully saturated rings. The molecule has 0 aromatic carbocycles. The second-order valence-corrected chi connectivity index (χ2v) is 12.0. The van der Waals surface area contributed by atoms with Gasteiger partial charge in [0.05, 0.1) is 17.7 Å². The van der Waals surface area contributed by atoms with Gasteiger partial charge < -0.3 is 26.0 Å². The third kappa shape index (κ3) is 4.33. The maximum Gasteiger partial charge on any atom is 0.137 e. The van der Waals surface area contributed by atoms with Gasteiger partial charge in [-0.05, 0) is 76.5 Å². The van der Waals surface area contributed by atoms with Crippen LogP contribution in [0.15, 0.2) is 0 Å². The number of aliphatic hydroxyl groups is 2. The smallest absolute Gasteiger partial charge is 0.137 e. The van der Waals surface area contributed by atoms with Gasteiger partial charge in [-0.1, -0.05) is 0 Å². The van der Waals surface area contributed by atoms with Crippen LogP contribution in [0.25, 0.3) is 0 Å². The number of hydrogen-bond acceptors (Lipinski definition) is 4. The van der Waals surface area contributed by atoms with Crippen LogP contribution in [0.5, 0.6) is 0 Å². The molecule has 0 spiro atoms. The van der Waals surface area contributed by atoms with E-state index in [1.807, 2.05) is 0 Å². The summed E-state index contributed by atoms with van der Waals surface area (Å²) < 4.78 is 6.96.